The number of aromatic nitrogens is 2. The molecule has 0 aromatic carbocycles. The zero-order chi connectivity index (χ0) is 20.4. The monoisotopic (exact) mass is 397 g/mol. The van der Waals surface area contributed by atoms with Crippen LogP contribution in [-0.4, -0.2) is 82.1 Å². The molecule has 0 aliphatic carbocycles. The molecule has 2 saturated heterocycles. The minimum absolute atomic E-state index is 0.0879. The van der Waals surface area contributed by atoms with Gasteiger partial charge in [-0.1, -0.05) is 6.07 Å². The van der Waals surface area contributed by atoms with Crippen molar-refractivity contribution in [3.05, 3.63) is 48.4 Å². The quantitative estimate of drug-likeness (QED) is 0.695. The average Bonchev–Trinajstić information content (AvgIpc) is 3.28. The molecule has 4 rings (SSSR count). The summed E-state index contributed by atoms with van der Waals surface area (Å²) in [6, 6.07) is 9.77. The Hall–Kier alpha value is -2.71. The number of ether oxygens (including phenoxy) is 1. The van der Waals surface area contributed by atoms with E-state index in [1.54, 1.807) is 25.3 Å². The first-order chi connectivity index (χ1) is 14.1. The van der Waals surface area contributed by atoms with Crippen LogP contribution in [0, 0.1) is 0 Å². The molecule has 2 aromatic rings. The van der Waals surface area contributed by atoms with E-state index in [1.807, 2.05) is 30.5 Å². The normalized spacial score (nSPS) is 19.5. The Kier molecular flexibility index (Phi) is 5.38. The van der Waals surface area contributed by atoms with E-state index >= 15 is 0 Å². The highest BCUT2D eigenvalue weighted by molar-refractivity contribution is 6.06. The number of methoxy groups -OCH3 is 1. The number of likely N-dealkylation sites (N-methyl/N-ethyl adjacent to an activating group) is 1. The highest BCUT2D eigenvalue weighted by atomic mass is 16.5. The molecule has 0 unspecified atom stereocenters. The van der Waals surface area contributed by atoms with Crippen LogP contribution in [0.25, 0.3) is 5.82 Å². The summed E-state index contributed by atoms with van der Waals surface area (Å²) in [5, 5.41) is 0. The van der Waals surface area contributed by atoms with Crippen LogP contribution in [0.1, 0.15) is 18.5 Å². The third-order valence-electron chi connectivity index (χ3n) is 6.05. The third kappa shape index (κ3) is 3.42. The van der Waals surface area contributed by atoms with E-state index in [4.69, 9.17) is 4.74 Å². The molecule has 0 saturated carbocycles. The molecule has 0 bridgehead atoms. The minimum Gasteiger partial charge on any atom is -0.383 e. The molecule has 0 N–H and O–H groups in total. The van der Waals surface area contributed by atoms with E-state index in [1.165, 1.54) is 4.90 Å². The molecule has 2 fully saturated rings. The van der Waals surface area contributed by atoms with Gasteiger partial charge in [-0.3, -0.25) is 14.6 Å². The van der Waals surface area contributed by atoms with E-state index in [0.29, 0.717) is 26.0 Å². The Morgan fingerprint density at radius 3 is 2.62 bits per heavy atom. The molecule has 0 radical (unpaired) electrons. The largest absolute Gasteiger partial charge is 0.383 e. The van der Waals surface area contributed by atoms with Gasteiger partial charge in [-0.15, -0.1) is 0 Å². The predicted octanol–water partition coefficient (Wildman–Crippen LogP) is 1.75. The van der Waals surface area contributed by atoms with Gasteiger partial charge >= 0.3 is 6.03 Å². The second-order valence-corrected chi connectivity index (χ2v) is 7.66. The van der Waals surface area contributed by atoms with Crippen molar-refractivity contribution in [2.45, 2.75) is 24.9 Å². The van der Waals surface area contributed by atoms with Crippen molar-refractivity contribution in [1.29, 1.82) is 0 Å². The van der Waals surface area contributed by atoms with Gasteiger partial charge in [0.05, 0.1) is 6.61 Å². The number of pyridine rings is 1. The summed E-state index contributed by atoms with van der Waals surface area (Å²) in [5.41, 5.74) is 0.422. The molecule has 29 heavy (non-hydrogen) atoms. The Balaban J connectivity index is 1.47. The van der Waals surface area contributed by atoms with Crippen molar-refractivity contribution in [2.24, 2.45) is 0 Å². The van der Waals surface area contributed by atoms with Crippen molar-refractivity contribution in [3.8, 4) is 5.82 Å². The summed E-state index contributed by atoms with van der Waals surface area (Å²) in [5.74, 6) is 0.806. The van der Waals surface area contributed by atoms with Crippen molar-refractivity contribution >= 4 is 11.9 Å². The van der Waals surface area contributed by atoms with Gasteiger partial charge in [-0.25, -0.2) is 9.78 Å². The Morgan fingerprint density at radius 1 is 1.14 bits per heavy atom. The number of likely N-dealkylation sites (tertiary alicyclic amines) is 1. The lowest BCUT2D eigenvalue weighted by Gasteiger charge is -2.42. The summed E-state index contributed by atoms with van der Waals surface area (Å²) in [4.78, 5) is 35.3. The number of piperidine rings is 1. The van der Waals surface area contributed by atoms with Crippen LogP contribution in [-0.2, 0) is 16.1 Å². The Labute approximate surface area is 170 Å². The third-order valence-corrected chi connectivity index (χ3v) is 6.05. The first kappa shape index (κ1) is 19.6. The van der Waals surface area contributed by atoms with Gasteiger partial charge in [0, 0.05) is 58.4 Å². The number of hydrogen-bond donors (Lipinski definition) is 0. The van der Waals surface area contributed by atoms with E-state index in [-0.39, 0.29) is 11.9 Å². The summed E-state index contributed by atoms with van der Waals surface area (Å²) in [6.07, 6.45) is 5.08. The molecule has 1 spiro atoms. The smallest absolute Gasteiger partial charge is 0.327 e. The zero-order valence-electron chi connectivity index (χ0n) is 17.0. The van der Waals surface area contributed by atoms with E-state index in [9.17, 15) is 9.59 Å². The van der Waals surface area contributed by atoms with Gasteiger partial charge in [0.1, 0.15) is 11.4 Å². The summed E-state index contributed by atoms with van der Waals surface area (Å²) < 4.78 is 7.25. The first-order valence-electron chi connectivity index (χ1n) is 9.95. The number of rotatable bonds is 6. The fourth-order valence-corrected chi connectivity index (χ4v) is 4.43. The molecule has 3 amide bonds. The van der Waals surface area contributed by atoms with Crippen molar-refractivity contribution in [3.63, 3.8) is 0 Å². The van der Waals surface area contributed by atoms with Gasteiger partial charge in [0.25, 0.3) is 5.91 Å². The van der Waals surface area contributed by atoms with Crippen LogP contribution in [0.5, 0.6) is 0 Å². The maximum absolute atomic E-state index is 12.9. The number of amides is 3. The van der Waals surface area contributed by atoms with Crippen LogP contribution in [0.4, 0.5) is 4.79 Å². The van der Waals surface area contributed by atoms with Crippen LogP contribution in [0.3, 0.4) is 0 Å². The highest BCUT2D eigenvalue weighted by Crippen LogP contribution is 2.36. The number of hydrogen-bond acceptors (Lipinski definition) is 5. The molecule has 154 valence electrons. The molecule has 8 nitrogen and oxygen atoms in total. The average molecular weight is 397 g/mol. The number of carbonyl (C=O) groups is 2. The highest BCUT2D eigenvalue weighted by Gasteiger charge is 2.56. The van der Waals surface area contributed by atoms with Crippen LogP contribution in [0.2, 0.25) is 0 Å². The molecular formula is C21H27N5O3. The van der Waals surface area contributed by atoms with Gasteiger partial charge in [-0.05, 0) is 37.1 Å². The molecule has 2 aliphatic heterocycles. The second-order valence-electron chi connectivity index (χ2n) is 7.66. The fraction of sp³-hybridized carbons (Fsp3) is 0.476. The molecule has 2 aliphatic rings. The lowest BCUT2D eigenvalue weighted by atomic mass is 9.85. The van der Waals surface area contributed by atoms with Crippen molar-refractivity contribution < 1.29 is 14.3 Å². The van der Waals surface area contributed by atoms with E-state index in [0.717, 1.165) is 31.1 Å². The van der Waals surface area contributed by atoms with Gasteiger partial charge in [0.2, 0.25) is 0 Å². The molecular weight excluding hydrogens is 370 g/mol. The van der Waals surface area contributed by atoms with Crippen molar-refractivity contribution in [2.75, 3.05) is 40.4 Å². The minimum atomic E-state index is -0.732. The first-order valence-corrected chi connectivity index (χ1v) is 9.95. The number of urea groups is 1. The maximum Gasteiger partial charge on any atom is 0.327 e. The van der Waals surface area contributed by atoms with E-state index < -0.39 is 5.54 Å². The van der Waals surface area contributed by atoms with Crippen LogP contribution in [0.15, 0.2) is 42.7 Å². The molecule has 8 heteroatoms. The van der Waals surface area contributed by atoms with Crippen LogP contribution < -0.4 is 0 Å². The molecule has 2 aromatic heterocycles. The van der Waals surface area contributed by atoms with Gasteiger partial charge in [-0.2, -0.15) is 0 Å². The molecule has 4 heterocycles. The number of nitrogens with zero attached hydrogens (tertiary/aromatic N) is 5. The summed E-state index contributed by atoms with van der Waals surface area (Å²) in [7, 11) is 3.18. The standard InChI is InChI=1S/C21H27N5O3/c1-23-19(27)21(26(20(23)28)14-15-29-2)8-12-24(13-9-21)16-17-6-5-11-25(17)18-7-3-4-10-22-18/h3-7,10-11H,8-9,12-16H2,1-2H3. The van der Waals surface area contributed by atoms with Gasteiger partial charge < -0.3 is 14.2 Å². The fourth-order valence-electron chi connectivity index (χ4n) is 4.43. The van der Waals surface area contributed by atoms with E-state index in [2.05, 4.69) is 20.5 Å². The second kappa shape index (κ2) is 7.96. The predicted molar refractivity (Wildman–Crippen MR) is 108 cm³/mol. The topological polar surface area (TPSA) is 70.9 Å². The zero-order valence-corrected chi connectivity index (χ0v) is 17.0. The van der Waals surface area contributed by atoms with Crippen molar-refractivity contribution in [1.82, 2.24) is 24.3 Å². The Morgan fingerprint density at radius 2 is 1.93 bits per heavy atom. The Bertz CT molecular complexity index is 873. The lowest BCUT2D eigenvalue weighted by Crippen LogP contribution is -2.57. The number of imide groups is 1. The van der Waals surface area contributed by atoms with Crippen LogP contribution >= 0.6 is 0 Å². The van der Waals surface area contributed by atoms with Gasteiger partial charge in [0.15, 0.2) is 0 Å². The SMILES string of the molecule is COCCN1C(=O)N(C)C(=O)C12CCN(Cc1cccn1-c1ccccn1)CC2. The maximum atomic E-state index is 12.9. The lowest BCUT2D eigenvalue weighted by molar-refractivity contribution is -0.135. The molecule has 0 atom stereocenters. The summed E-state index contributed by atoms with van der Waals surface area (Å²) in [6.45, 7) is 3.15. The summed E-state index contributed by atoms with van der Waals surface area (Å²) >= 11 is 0. The number of carbonyl (C=O) groups excluding carboxylic acids is 2.